The molecule has 0 amide bonds. The summed E-state index contributed by atoms with van der Waals surface area (Å²) in [4.78, 5) is 38.4. The minimum Gasteiger partial charge on any atom is -0.462 e. The lowest BCUT2D eigenvalue weighted by molar-refractivity contribution is -0.167. The first-order valence-electron chi connectivity index (χ1n) is 35.4. The molecular weight excluding hydrogens is 1020 g/mol. The lowest BCUT2D eigenvalue weighted by Gasteiger charge is -2.18. The van der Waals surface area contributed by atoms with E-state index in [1.54, 1.807) is 0 Å². The van der Waals surface area contributed by atoms with Crippen molar-refractivity contribution in [2.24, 2.45) is 0 Å². The molecule has 0 aromatic heterocycles. The molecule has 83 heavy (non-hydrogen) atoms. The highest BCUT2D eigenvalue weighted by Gasteiger charge is 2.19. The fourth-order valence-corrected chi connectivity index (χ4v) is 10.0. The second-order valence-electron chi connectivity index (χ2n) is 23.4. The predicted molar refractivity (Wildman–Crippen MR) is 362 cm³/mol. The Balaban J connectivity index is 4.24. The van der Waals surface area contributed by atoms with Gasteiger partial charge in [0.15, 0.2) is 6.10 Å². The molecule has 0 aliphatic carbocycles. The number of carbonyl (C=O) groups is 3. The Morgan fingerprint density at radius 1 is 0.253 bits per heavy atom. The lowest BCUT2D eigenvalue weighted by Crippen LogP contribution is -2.30. The van der Waals surface area contributed by atoms with Crippen molar-refractivity contribution < 1.29 is 28.6 Å². The predicted octanol–water partition coefficient (Wildman–Crippen LogP) is 24.6. The first-order valence-corrected chi connectivity index (χ1v) is 35.4. The molecule has 1 unspecified atom stereocenters. The van der Waals surface area contributed by atoms with Crippen LogP contribution in [0.3, 0.4) is 0 Å². The quantitative estimate of drug-likeness (QED) is 0.0261. The van der Waals surface area contributed by atoms with Crippen LogP contribution in [-0.2, 0) is 28.6 Å². The largest absolute Gasteiger partial charge is 0.462 e. The molecule has 0 aliphatic heterocycles. The van der Waals surface area contributed by atoms with E-state index in [1.807, 2.05) is 0 Å². The third kappa shape index (κ3) is 68.7. The molecule has 0 heterocycles. The molecule has 0 aromatic rings. The van der Waals surface area contributed by atoms with Crippen molar-refractivity contribution >= 4 is 17.9 Å². The average Bonchev–Trinajstić information content (AvgIpc) is 3.49. The van der Waals surface area contributed by atoms with Crippen molar-refractivity contribution in [3.8, 4) is 0 Å². The fourth-order valence-electron chi connectivity index (χ4n) is 10.0. The van der Waals surface area contributed by atoms with E-state index in [-0.39, 0.29) is 31.1 Å². The van der Waals surface area contributed by atoms with E-state index in [2.05, 4.69) is 130 Å². The first-order chi connectivity index (χ1) is 41.0. The number of hydrogen-bond donors (Lipinski definition) is 0. The molecule has 0 N–H and O–H groups in total. The third-order valence-electron chi connectivity index (χ3n) is 15.3. The Bertz CT molecular complexity index is 1660. The standard InChI is InChI=1S/C77H132O6/c1-4-7-10-13-16-19-22-25-27-29-31-32-33-34-35-36-37-38-39-40-41-42-43-44-45-46-47-49-50-52-55-58-61-64-67-70-76(79)82-73-74(72-81-75(78)69-66-63-60-57-54-24-21-18-15-12-9-6-3)83-77(80)71-68-65-62-59-56-53-51-48-30-28-26-23-20-17-14-11-8-5-2/h7,10,16,19,25,27,31-32,34-35,37-38,40-41,43-44,46-47,74H,4-6,8-9,11-15,17-18,20-24,26,28-30,33,36,39,42,45,48-73H2,1-3H3/b10-7-,19-16-,27-25-,32-31-,35-34-,38-37-,41-40-,44-43-,47-46-. The molecule has 0 spiro atoms. The maximum atomic E-state index is 12.9. The summed E-state index contributed by atoms with van der Waals surface area (Å²) in [6.07, 6.45) is 96.8. The van der Waals surface area contributed by atoms with E-state index in [0.717, 1.165) is 122 Å². The number of unbranched alkanes of at least 4 members (excludes halogenated alkanes) is 35. The fraction of sp³-hybridized carbons (Fsp3) is 0.727. The molecule has 0 rings (SSSR count). The number of rotatable bonds is 64. The summed E-state index contributed by atoms with van der Waals surface area (Å²) < 4.78 is 17.0. The summed E-state index contributed by atoms with van der Waals surface area (Å²) in [6.45, 7) is 6.56. The molecule has 0 aliphatic rings. The van der Waals surface area contributed by atoms with Crippen LogP contribution in [0, 0.1) is 0 Å². The molecule has 0 bridgehead atoms. The van der Waals surface area contributed by atoms with Crippen LogP contribution in [0.15, 0.2) is 109 Å². The Hall–Kier alpha value is -3.93. The Morgan fingerprint density at radius 3 is 0.735 bits per heavy atom. The molecule has 0 aromatic carbocycles. The van der Waals surface area contributed by atoms with Gasteiger partial charge in [0.1, 0.15) is 13.2 Å². The normalized spacial score (nSPS) is 12.8. The van der Waals surface area contributed by atoms with Crippen molar-refractivity contribution in [3.05, 3.63) is 109 Å². The molecule has 476 valence electrons. The van der Waals surface area contributed by atoms with Gasteiger partial charge >= 0.3 is 17.9 Å². The van der Waals surface area contributed by atoms with Gasteiger partial charge in [-0.05, 0) is 89.9 Å². The SMILES string of the molecule is CC/C=C\C/C=C\C/C=C\C/C=C\C/C=C\C/C=C\C/C=C\C/C=C\C/C=C\CCCCCCCCCC(=O)OCC(COC(=O)CCCCCCCCCCCCCC)OC(=O)CCCCCCCCCCCCCCCCCCCC. The van der Waals surface area contributed by atoms with Gasteiger partial charge < -0.3 is 14.2 Å². The van der Waals surface area contributed by atoms with E-state index in [9.17, 15) is 14.4 Å². The van der Waals surface area contributed by atoms with Gasteiger partial charge in [0, 0.05) is 19.3 Å². The zero-order valence-electron chi connectivity index (χ0n) is 54.7. The van der Waals surface area contributed by atoms with Gasteiger partial charge in [0.25, 0.3) is 0 Å². The van der Waals surface area contributed by atoms with Gasteiger partial charge in [-0.25, -0.2) is 0 Å². The van der Waals surface area contributed by atoms with Crippen molar-refractivity contribution in [3.63, 3.8) is 0 Å². The van der Waals surface area contributed by atoms with Crippen molar-refractivity contribution in [1.82, 2.24) is 0 Å². The van der Waals surface area contributed by atoms with Crippen molar-refractivity contribution in [1.29, 1.82) is 0 Å². The second kappa shape index (κ2) is 70.6. The Labute approximate surface area is 514 Å². The molecule has 0 saturated heterocycles. The van der Waals surface area contributed by atoms with Crippen LogP contribution in [0.5, 0.6) is 0 Å². The van der Waals surface area contributed by atoms with Crippen LogP contribution in [0.4, 0.5) is 0 Å². The summed E-state index contributed by atoms with van der Waals surface area (Å²) in [5, 5.41) is 0. The Morgan fingerprint density at radius 2 is 0.470 bits per heavy atom. The van der Waals surface area contributed by atoms with E-state index in [0.29, 0.717) is 19.3 Å². The lowest BCUT2D eigenvalue weighted by atomic mass is 10.0. The van der Waals surface area contributed by atoms with Crippen molar-refractivity contribution in [2.45, 2.75) is 348 Å². The zero-order valence-corrected chi connectivity index (χ0v) is 54.7. The minimum atomic E-state index is -0.780. The smallest absolute Gasteiger partial charge is 0.306 e. The van der Waals surface area contributed by atoms with E-state index < -0.39 is 6.10 Å². The summed E-state index contributed by atoms with van der Waals surface area (Å²) in [5.74, 6) is -0.872. The third-order valence-corrected chi connectivity index (χ3v) is 15.3. The monoisotopic (exact) mass is 1150 g/mol. The highest BCUT2D eigenvalue weighted by Crippen LogP contribution is 2.17. The number of hydrogen-bond acceptors (Lipinski definition) is 6. The van der Waals surface area contributed by atoms with Crippen LogP contribution in [0.25, 0.3) is 0 Å². The van der Waals surface area contributed by atoms with Crippen LogP contribution >= 0.6 is 0 Å². The van der Waals surface area contributed by atoms with Gasteiger partial charge in [0.05, 0.1) is 0 Å². The summed E-state index contributed by atoms with van der Waals surface area (Å²) in [7, 11) is 0. The highest BCUT2D eigenvalue weighted by atomic mass is 16.6. The minimum absolute atomic E-state index is 0.0762. The van der Waals surface area contributed by atoms with Crippen molar-refractivity contribution in [2.75, 3.05) is 13.2 Å². The number of carbonyl (C=O) groups excluding carboxylic acids is 3. The molecular formula is C77H132O6. The number of allylic oxidation sites excluding steroid dienone is 18. The Kier molecular flexibility index (Phi) is 67.2. The second-order valence-corrected chi connectivity index (χ2v) is 23.4. The summed E-state index contributed by atoms with van der Waals surface area (Å²) in [6, 6.07) is 0. The maximum Gasteiger partial charge on any atom is 0.306 e. The number of ether oxygens (including phenoxy) is 3. The first kappa shape index (κ1) is 79.1. The van der Waals surface area contributed by atoms with E-state index in [1.165, 1.54) is 180 Å². The summed E-state index contributed by atoms with van der Waals surface area (Å²) in [5.41, 5.74) is 0. The zero-order chi connectivity index (χ0) is 59.9. The molecule has 0 radical (unpaired) electrons. The van der Waals surface area contributed by atoms with Crippen LogP contribution < -0.4 is 0 Å². The van der Waals surface area contributed by atoms with Gasteiger partial charge in [-0.2, -0.15) is 0 Å². The van der Waals surface area contributed by atoms with Gasteiger partial charge in [-0.1, -0.05) is 342 Å². The van der Waals surface area contributed by atoms with Gasteiger partial charge in [-0.3, -0.25) is 14.4 Å². The highest BCUT2D eigenvalue weighted by molar-refractivity contribution is 5.71. The van der Waals surface area contributed by atoms with Crippen LogP contribution in [0.1, 0.15) is 342 Å². The maximum absolute atomic E-state index is 12.9. The topological polar surface area (TPSA) is 78.9 Å². The average molecular weight is 1150 g/mol. The van der Waals surface area contributed by atoms with Gasteiger partial charge in [0.2, 0.25) is 0 Å². The van der Waals surface area contributed by atoms with E-state index >= 15 is 0 Å². The molecule has 6 nitrogen and oxygen atoms in total. The van der Waals surface area contributed by atoms with Crippen LogP contribution in [0.2, 0.25) is 0 Å². The van der Waals surface area contributed by atoms with Gasteiger partial charge in [-0.15, -0.1) is 0 Å². The number of esters is 3. The van der Waals surface area contributed by atoms with E-state index in [4.69, 9.17) is 14.2 Å². The molecule has 1 atom stereocenters. The molecule has 0 saturated carbocycles. The molecule has 6 heteroatoms. The summed E-state index contributed by atoms with van der Waals surface area (Å²) >= 11 is 0. The molecule has 0 fully saturated rings. The van der Waals surface area contributed by atoms with Crippen LogP contribution in [-0.4, -0.2) is 37.2 Å².